The van der Waals surface area contributed by atoms with Crippen molar-refractivity contribution in [3.63, 3.8) is 0 Å². The molecule has 7 heteroatoms. The maximum absolute atomic E-state index is 12.9. The van der Waals surface area contributed by atoms with Gasteiger partial charge in [0.25, 0.3) is 5.91 Å². The van der Waals surface area contributed by atoms with Crippen molar-refractivity contribution in [3.05, 3.63) is 83.9 Å². The lowest BCUT2D eigenvalue weighted by Gasteiger charge is -2.13. The molecule has 0 spiro atoms. The van der Waals surface area contributed by atoms with Crippen LogP contribution in [0.15, 0.2) is 72.8 Å². The number of benzene rings is 3. The molecular weight excluding hydrogens is 383 g/mol. The van der Waals surface area contributed by atoms with Gasteiger partial charge in [0.2, 0.25) is 0 Å². The number of hydrogen-bond acceptors (Lipinski definition) is 3. The number of rotatable bonds is 6. The summed E-state index contributed by atoms with van der Waals surface area (Å²) in [5.74, 6) is 0.913. The fourth-order valence-corrected chi connectivity index (χ4v) is 2.59. The highest BCUT2D eigenvalue weighted by Crippen LogP contribution is 2.32. The van der Waals surface area contributed by atoms with E-state index in [0.29, 0.717) is 29.5 Å². The maximum atomic E-state index is 12.9. The SMILES string of the molecule is CCOc1ccc(Oc2ccccc2NC(=O)c2cccc(C(F)(F)F)c2)cc1. The molecular formula is C22H18F3NO3. The Balaban J connectivity index is 1.78. The molecule has 150 valence electrons. The Morgan fingerprint density at radius 1 is 0.931 bits per heavy atom. The molecule has 0 fully saturated rings. The molecule has 0 saturated carbocycles. The Kier molecular flexibility index (Phi) is 6.07. The van der Waals surface area contributed by atoms with E-state index in [1.165, 1.54) is 12.1 Å². The summed E-state index contributed by atoms with van der Waals surface area (Å²) in [5, 5.41) is 2.60. The van der Waals surface area contributed by atoms with Crippen LogP contribution in [0, 0.1) is 0 Å². The number of amides is 1. The topological polar surface area (TPSA) is 47.6 Å². The fraction of sp³-hybridized carbons (Fsp3) is 0.136. The summed E-state index contributed by atoms with van der Waals surface area (Å²) in [5.41, 5.74) is -0.649. The van der Waals surface area contributed by atoms with Gasteiger partial charge in [-0.25, -0.2) is 0 Å². The van der Waals surface area contributed by atoms with Crippen LogP contribution in [0.2, 0.25) is 0 Å². The smallest absolute Gasteiger partial charge is 0.416 e. The van der Waals surface area contributed by atoms with E-state index in [4.69, 9.17) is 9.47 Å². The Morgan fingerprint density at radius 2 is 1.62 bits per heavy atom. The minimum absolute atomic E-state index is 0.101. The number of para-hydroxylation sites is 2. The van der Waals surface area contributed by atoms with Crippen LogP contribution in [0.1, 0.15) is 22.8 Å². The van der Waals surface area contributed by atoms with Crippen LogP contribution in [-0.2, 0) is 6.18 Å². The van der Waals surface area contributed by atoms with Crippen LogP contribution in [0.4, 0.5) is 18.9 Å². The summed E-state index contributed by atoms with van der Waals surface area (Å²) in [6.45, 7) is 2.43. The predicted octanol–water partition coefficient (Wildman–Crippen LogP) is 6.15. The van der Waals surface area contributed by atoms with Gasteiger partial charge in [-0.2, -0.15) is 13.2 Å². The normalized spacial score (nSPS) is 11.0. The quantitative estimate of drug-likeness (QED) is 0.539. The lowest BCUT2D eigenvalue weighted by atomic mass is 10.1. The third kappa shape index (κ3) is 5.28. The van der Waals surface area contributed by atoms with Gasteiger partial charge in [0.15, 0.2) is 5.75 Å². The van der Waals surface area contributed by atoms with Gasteiger partial charge in [-0.1, -0.05) is 18.2 Å². The van der Waals surface area contributed by atoms with Crippen molar-refractivity contribution in [3.8, 4) is 17.2 Å². The zero-order chi connectivity index (χ0) is 20.9. The lowest BCUT2D eigenvalue weighted by molar-refractivity contribution is -0.137. The summed E-state index contributed by atoms with van der Waals surface area (Å²) in [4.78, 5) is 12.5. The van der Waals surface area contributed by atoms with Gasteiger partial charge in [-0.05, 0) is 61.5 Å². The molecule has 0 unspecified atom stereocenters. The number of ether oxygens (including phenoxy) is 2. The van der Waals surface area contributed by atoms with Gasteiger partial charge in [-0.15, -0.1) is 0 Å². The van der Waals surface area contributed by atoms with E-state index in [2.05, 4.69) is 5.32 Å². The zero-order valence-electron chi connectivity index (χ0n) is 15.5. The third-order valence-electron chi connectivity index (χ3n) is 3.95. The molecule has 3 aromatic carbocycles. The second-order valence-electron chi connectivity index (χ2n) is 6.04. The van der Waals surface area contributed by atoms with Crippen molar-refractivity contribution in [2.45, 2.75) is 13.1 Å². The van der Waals surface area contributed by atoms with Crippen molar-refractivity contribution in [2.75, 3.05) is 11.9 Å². The number of alkyl halides is 3. The average molecular weight is 401 g/mol. The van der Waals surface area contributed by atoms with Gasteiger partial charge >= 0.3 is 6.18 Å². The van der Waals surface area contributed by atoms with Gasteiger partial charge in [0.05, 0.1) is 17.9 Å². The highest BCUT2D eigenvalue weighted by molar-refractivity contribution is 6.05. The summed E-state index contributed by atoms with van der Waals surface area (Å²) in [6.07, 6.45) is -4.52. The van der Waals surface area contributed by atoms with E-state index in [0.717, 1.165) is 12.1 Å². The molecule has 0 aliphatic carbocycles. The maximum Gasteiger partial charge on any atom is 0.416 e. The number of carbonyl (C=O) groups excluding carboxylic acids is 1. The first kappa shape index (κ1) is 20.3. The molecule has 0 aromatic heterocycles. The highest BCUT2D eigenvalue weighted by Gasteiger charge is 2.30. The fourth-order valence-electron chi connectivity index (χ4n) is 2.59. The summed E-state index contributed by atoms with van der Waals surface area (Å²) in [6, 6.07) is 17.9. The number of nitrogens with one attached hydrogen (secondary N) is 1. The zero-order valence-corrected chi connectivity index (χ0v) is 15.5. The second-order valence-corrected chi connectivity index (χ2v) is 6.04. The Hall–Kier alpha value is -3.48. The molecule has 1 N–H and O–H groups in total. The first-order chi connectivity index (χ1) is 13.9. The van der Waals surface area contributed by atoms with Gasteiger partial charge < -0.3 is 14.8 Å². The predicted molar refractivity (Wildman–Crippen MR) is 104 cm³/mol. The van der Waals surface area contributed by atoms with Gasteiger partial charge in [-0.3, -0.25) is 4.79 Å². The molecule has 1 amide bonds. The van der Waals surface area contributed by atoms with Gasteiger partial charge in [0.1, 0.15) is 11.5 Å². The Morgan fingerprint density at radius 3 is 2.31 bits per heavy atom. The molecule has 0 heterocycles. The van der Waals surface area contributed by atoms with Crippen molar-refractivity contribution >= 4 is 11.6 Å². The standard InChI is InChI=1S/C22H18F3NO3/c1-2-28-17-10-12-18(13-11-17)29-20-9-4-3-8-19(20)26-21(27)15-6-5-7-16(14-15)22(23,24)25/h3-14H,2H2,1H3,(H,26,27). The molecule has 0 aliphatic heterocycles. The number of hydrogen-bond donors (Lipinski definition) is 1. The summed E-state index contributed by atoms with van der Waals surface area (Å²) < 4.78 is 49.8. The summed E-state index contributed by atoms with van der Waals surface area (Å²) in [7, 11) is 0. The molecule has 4 nitrogen and oxygen atoms in total. The van der Waals surface area contributed by atoms with Crippen LogP contribution < -0.4 is 14.8 Å². The minimum atomic E-state index is -4.52. The molecule has 0 bridgehead atoms. The van der Waals surface area contributed by atoms with E-state index >= 15 is 0 Å². The van der Waals surface area contributed by atoms with Crippen molar-refractivity contribution in [2.24, 2.45) is 0 Å². The number of halogens is 3. The molecule has 29 heavy (non-hydrogen) atoms. The molecule has 0 radical (unpaired) electrons. The monoisotopic (exact) mass is 401 g/mol. The van der Waals surface area contributed by atoms with Crippen LogP contribution >= 0.6 is 0 Å². The van der Waals surface area contributed by atoms with E-state index < -0.39 is 17.6 Å². The average Bonchev–Trinajstić information content (AvgIpc) is 2.70. The molecule has 0 atom stereocenters. The van der Waals surface area contributed by atoms with Crippen LogP contribution in [0.25, 0.3) is 0 Å². The van der Waals surface area contributed by atoms with Crippen molar-refractivity contribution in [1.82, 2.24) is 0 Å². The number of anilines is 1. The number of carbonyl (C=O) groups is 1. The van der Waals surface area contributed by atoms with Crippen LogP contribution in [-0.4, -0.2) is 12.5 Å². The van der Waals surface area contributed by atoms with Crippen molar-refractivity contribution in [1.29, 1.82) is 0 Å². The van der Waals surface area contributed by atoms with E-state index in [1.54, 1.807) is 48.5 Å². The lowest BCUT2D eigenvalue weighted by Crippen LogP contribution is -2.14. The third-order valence-corrected chi connectivity index (χ3v) is 3.95. The van der Waals surface area contributed by atoms with Crippen LogP contribution in [0.5, 0.6) is 17.2 Å². The first-order valence-corrected chi connectivity index (χ1v) is 8.85. The molecule has 3 rings (SSSR count). The second kappa shape index (κ2) is 8.68. The van der Waals surface area contributed by atoms with E-state index in [1.807, 2.05) is 6.92 Å². The van der Waals surface area contributed by atoms with Crippen molar-refractivity contribution < 1.29 is 27.4 Å². The summed E-state index contributed by atoms with van der Waals surface area (Å²) >= 11 is 0. The first-order valence-electron chi connectivity index (χ1n) is 8.85. The van der Waals surface area contributed by atoms with Crippen LogP contribution in [0.3, 0.4) is 0 Å². The molecule has 3 aromatic rings. The Bertz CT molecular complexity index is 985. The Labute approximate surface area is 165 Å². The molecule has 0 saturated heterocycles. The minimum Gasteiger partial charge on any atom is -0.494 e. The van der Waals surface area contributed by atoms with E-state index in [-0.39, 0.29) is 5.56 Å². The van der Waals surface area contributed by atoms with E-state index in [9.17, 15) is 18.0 Å². The highest BCUT2D eigenvalue weighted by atomic mass is 19.4. The molecule has 0 aliphatic rings. The largest absolute Gasteiger partial charge is 0.494 e. The van der Waals surface area contributed by atoms with Gasteiger partial charge in [0, 0.05) is 5.56 Å².